The Hall–Kier alpha value is -0.820. The normalized spacial score (nSPS) is 24.5. The zero-order valence-corrected chi connectivity index (χ0v) is 13.3. The molecule has 112 valence electrons. The number of rotatable bonds is 7. The SMILES string of the molecule is CCNC(CCCc1ccccc1)C1CCC(C)CC1. The minimum absolute atomic E-state index is 0.746. The average molecular weight is 273 g/mol. The molecule has 2 rings (SSSR count). The van der Waals surface area contributed by atoms with Gasteiger partial charge in [0.25, 0.3) is 0 Å². The molecular formula is C19H31N. The quantitative estimate of drug-likeness (QED) is 0.751. The zero-order chi connectivity index (χ0) is 14.2. The Morgan fingerprint density at radius 3 is 2.45 bits per heavy atom. The standard InChI is InChI=1S/C19H31N/c1-3-20-19(18-14-12-16(2)13-15-18)11-7-10-17-8-5-4-6-9-17/h4-6,8-9,16,18-20H,3,7,10-15H2,1-2H3. The van der Waals surface area contributed by atoms with Crippen LogP contribution >= 0.6 is 0 Å². The second-order valence-corrected chi connectivity index (χ2v) is 6.56. The minimum atomic E-state index is 0.746. The molecule has 20 heavy (non-hydrogen) atoms. The molecule has 1 fully saturated rings. The number of benzene rings is 1. The molecule has 0 bridgehead atoms. The third kappa shape index (κ3) is 4.94. The highest BCUT2D eigenvalue weighted by molar-refractivity contribution is 5.14. The summed E-state index contributed by atoms with van der Waals surface area (Å²) in [5.74, 6) is 1.87. The summed E-state index contributed by atoms with van der Waals surface area (Å²) in [4.78, 5) is 0. The summed E-state index contributed by atoms with van der Waals surface area (Å²) in [5, 5.41) is 3.75. The molecule has 0 aromatic heterocycles. The largest absolute Gasteiger partial charge is 0.314 e. The molecule has 1 nitrogen and oxygen atoms in total. The lowest BCUT2D eigenvalue weighted by Crippen LogP contribution is -2.38. The first-order chi connectivity index (χ1) is 9.79. The molecule has 0 amide bonds. The van der Waals surface area contributed by atoms with E-state index in [2.05, 4.69) is 49.5 Å². The Labute approximate surface area is 125 Å². The number of hydrogen-bond acceptors (Lipinski definition) is 1. The molecule has 1 aromatic rings. The van der Waals surface area contributed by atoms with Crippen molar-refractivity contribution in [1.82, 2.24) is 5.32 Å². The van der Waals surface area contributed by atoms with Crippen LogP contribution in [0.4, 0.5) is 0 Å². The molecule has 1 heteroatoms. The lowest BCUT2D eigenvalue weighted by molar-refractivity contribution is 0.222. The molecule has 0 spiro atoms. The number of nitrogens with one attached hydrogen (secondary N) is 1. The fourth-order valence-electron chi connectivity index (χ4n) is 3.63. The maximum Gasteiger partial charge on any atom is 0.00953 e. The third-order valence-corrected chi connectivity index (χ3v) is 4.92. The van der Waals surface area contributed by atoms with Crippen molar-refractivity contribution in [2.24, 2.45) is 11.8 Å². The first kappa shape index (κ1) is 15.6. The topological polar surface area (TPSA) is 12.0 Å². The van der Waals surface area contributed by atoms with E-state index in [0.29, 0.717) is 0 Å². The molecule has 1 saturated carbocycles. The van der Waals surface area contributed by atoms with Gasteiger partial charge >= 0.3 is 0 Å². The Morgan fingerprint density at radius 2 is 1.80 bits per heavy atom. The maximum absolute atomic E-state index is 3.75. The molecule has 1 aliphatic carbocycles. The van der Waals surface area contributed by atoms with Gasteiger partial charge in [-0.05, 0) is 56.0 Å². The van der Waals surface area contributed by atoms with Crippen LogP contribution in [0.15, 0.2) is 30.3 Å². The Kier molecular flexibility index (Phi) is 6.59. The predicted molar refractivity (Wildman–Crippen MR) is 88.0 cm³/mol. The van der Waals surface area contributed by atoms with Crippen molar-refractivity contribution >= 4 is 0 Å². The monoisotopic (exact) mass is 273 g/mol. The van der Waals surface area contributed by atoms with Gasteiger partial charge in [0, 0.05) is 6.04 Å². The van der Waals surface area contributed by atoms with Crippen LogP contribution in [-0.4, -0.2) is 12.6 Å². The Morgan fingerprint density at radius 1 is 1.10 bits per heavy atom. The van der Waals surface area contributed by atoms with Crippen LogP contribution in [0.5, 0.6) is 0 Å². The van der Waals surface area contributed by atoms with E-state index in [-0.39, 0.29) is 0 Å². The van der Waals surface area contributed by atoms with Crippen molar-refractivity contribution < 1.29 is 0 Å². The summed E-state index contributed by atoms with van der Waals surface area (Å²) in [6.45, 7) is 5.77. The van der Waals surface area contributed by atoms with Gasteiger partial charge in [0.05, 0.1) is 0 Å². The van der Waals surface area contributed by atoms with Crippen LogP contribution in [0.1, 0.15) is 57.9 Å². The molecule has 0 heterocycles. The van der Waals surface area contributed by atoms with Crippen LogP contribution in [0, 0.1) is 11.8 Å². The van der Waals surface area contributed by atoms with Crippen LogP contribution in [-0.2, 0) is 6.42 Å². The van der Waals surface area contributed by atoms with Crippen molar-refractivity contribution in [3.63, 3.8) is 0 Å². The van der Waals surface area contributed by atoms with Crippen molar-refractivity contribution in [3.8, 4) is 0 Å². The van der Waals surface area contributed by atoms with Crippen LogP contribution in [0.3, 0.4) is 0 Å². The average Bonchev–Trinajstić information content (AvgIpc) is 2.48. The van der Waals surface area contributed by atoms with Gasteiger partial charge in [0.1, 0.15) is 0 Å². The van der Waals surface area contributed by atoms with E-state index in [0.717, 1.165) is 24.4 Å². The minimum Gasteiger partial charge on any atom is -0.314 e. The van der Waals surface area contributed by atoms with Crippen LogP contribution < -0.4 is 5.32 Å². The molecule has 1 unspecified atom stereocenters. The van der Waals surface area contributed by atoms with E-state index < -0.39 is 0 Å². The van der Waals surface area contributed by atoms with Crippen molar-refractivity contribution in [1.29, 1.82) is 0 Å². The Balaban J connectivity index is 1.77. The van der Waals surface area contributed by atoms with Gasteiger partial charge in [-0.2, -0.15) is 0 Å². The predicted octanol–water partition coefficient (Wildman–Crippen LogP) is 4.81. The highest BCUT2D eigenvalue weighted by atomic mass is 14.9. The van der Waals surface area contributed by atoms with Crippen LogP contribution in [0.25, 0.3) is 0 Å². The first-order valence-corrected chi connectivity index (χ1v) is 8.57. The molecular weight excluding hydrogens is 242 g/mol. The summed E-state index contributed by atoms with van der Waals surface area (Å²) in [6.07, 6.45) is 9.62. The molecule has 0 saturated heterocycles. The number of hydrogen-bond donors (Lipinski definition) is 1. The van der Waals surface area contributed by atoms with Gasteiger partial charge in [-0.25, -0.2) is 0 Å². The molecule has 1 aliphatic rings. The highest BCUT2D eigenvalue weighted by Gasteiger charge is 2.25. The summed E-state index contributed by atoms with van der Waals surface area (Å²) in [6, 6.07) is 11.7. The second kappa shape index (κ2) is 8.46. The van der Waals surface area contributed by atoms with Gasteiger partial charge in [0.15, 0.2) is 0 Å². The second-order valence-electron chi connectivity index (χ2n) is 6.56. The smallest absolute Gasteiger partial charge is 0.00953 e. The van der Waals surface area contributed by atoms with Gasteiger partial charge < -0.3 is 5.32 Å². The summed E-state index contributed by atoms with van der Waals surface area (Å²) in [7, 11) is 0. The number of aryl methyl sites for hydroxylation is 1. The third-order valence-electron chi connectivity index (χ3n) is 4.92. The first-order valence-electron chi connectivity index (χ1n) is 8.57. The van der Waals surface area contributed by atoms with E-state index in [1.165, 1.54) is 50.5 Å². The summed E-state index contributed by atoms with van der Waals surface area (Å²) >= 11 is 0. The van der Waals surface area contributed by atoms with Crippen LogP contribution in [0.2, 0.25) is 0 Å². The molecule has 1 aromatic carbocycles. The summed E-state index contributed by atoms with van der Waals surface area (Å²) in [5.41, 5.74) is 1.49. The highest BCUT2D eigenvalue weighted by Crippen LogP contribution is 2.31. The van der Waals surface area contributed by atoms with E-state index in [4.69, 9.17) is 0 Å². The van der Waals surface area contributed by atoms with Gasteiger partial charge in [-0.15, -0.1) is 0 Å². The molecule has 1 atom stereocenters. The molecule has 1 N–H and O–H groups in total. The lowest BCUT2D eigenvalue weighted by Gasteiger charge is -2.33. The van der Waals surface area contributed by atoms with Crippen molar-refractivity contribution in [2.75, 3.05) is 6.54 Å². The van der Waals surface area contributed by atoms with E-state index in [1.807, 2.05) is 0 Å². The Bertz CT molecular complexity index is 351. The summed E-state index contributed by atoms with van der Waals surface area (Å²) < 4.78 is 0. The fraction of sp³-hybridized carbons (Fsp3) is 0.684. The van der Waals surface area contributed by atoms with Gasteiger partial charge in [-0.3, -0.25) is 0 Å². The fourth-order valence-corrected chi connectivity index (χ4v) is 3.63. The van der Waals surface area contributed by atoms with Crippen molar-refractivity contribution in [3.05, 3.63) is 35.9 Å². The van der Waals surface area contributed by atoms with E-state index >= 15 is 0 Å². The lowest BCUT2D eigenvalue weighted by atomic mass is 9.78. The van der Waals surface area contributed by atoms with E-state index in [9.17, 15) is 0 Å². The molecule has 0 aliphatic heterocycles. The van der Waals surface area contributed by atoms with E-state index in [1.54, 1.807) is 0 Å². The van der Waals surface area contributed by atoms with Gasteiger partial charge in [-0.1, -0.05) is 57.0 Å². The molecule has 0 radical (unpaired) electrons. The maximum atomic E-state index is 3.75. The van der Waals surface area contributed by atoms with Crippen molar-refractivity contribution in [2.45, 2.75) is 64.8 Å². The van der Waals surface area contributed by atoms with Gasteiger partial charge in [0.2, 0.25) is 0 Å². The zero-order valence-electron chi connectivity index (χ0n) is 13.3.